The highest BCUT2D eigenvalue weighted by atomic mass is 35.5. The highest BCUT2D eigenvalue weighted by molar-refractivity contribution is 6.30. The van der Waals surface area contributed by atoms with Crippen molar-refractivity contribution in [2.45, 2.75) is 38.8 Å². The van der Waals surface area contributed by atoms with Crippen LogP contribution in [0.25, 0.3) is 0 Å². The van der Waals surface area contributed by atoms with Crippen LogP contribution in [0.3, 0.4) is 0 Å². The third-order valence-corrected chi connectivity index (χ3v) is 5.41. The van der Waals surface area contributed by atoms with Crippen molar-refractivity contribution >= 4 is 17.5 Å². The summed E-state index contributed by atoms with van der Waals surface area (Å²) in [5.41, 5.74) is 2.05. The van der Waals surface area contributed by atoms with Crippen molar-refractivity contribution in [1.82, 2.24) is 15.2 Å². The summed E-state index contributed by atoms with van der Waals surface area (Å²) < 4.78 is 0. The zero-order chi connectivity index (χ0) is 18.5. The molecule has 1 aliphatic heterocycles. The van der Waals surface area contributed by atoms with Crippen LogP contribution in [0.4, 0.5) is 0 Å². The summed E-state index contributed by atoms with van der Waals surface area (Å²) in [5.74, 6) is 0.201. The second-order valence-corrected chi connectivity index (χ2v) is 7.61. The van der Waals surface area contributed by atoms with Crippen LogP contribution < -0.4 is 5.32 Å². The van der Waals surface area contributed by atoms with E-state index in [9.17, 15) is 4.79 Å². The van der Waals surface area contributed by atoms with Crippen molar-refractivity contribution in [1.29, 1.82) is 0 Å². The maximum absolute atomic E-state index is 12.9. The van der Waals surface area contributed by atoms with Gasteiger partial charge in [-0.1, -0.05) is 23.7 Å². The molecule has 1 atom stereocenters. The van der Waals surface area contributed by atoms with Gasteiger partial charge in [0.2, 0.25) is 5.91 Å². The van der Waals surface area contributed by atoms with E-state index in [4.69, 9.17) is 11.6 Å². The van der Waals surface area contributed by atoms with Crippen LogP contribution in [0, 0.1) is 5.92 Å². The van der Waals surface area contributed by atoms with Gasteiger partial charge in [-0.05, 0) is 75.2 Å². The highest BCUT2D eigenvalue weighted by Gasteiger charge is 2.28. The van der Waals surface area contributed by atoms with E-state index in [2.05, 4.69) is 29.0 Å². The second-order valence-electron chi connectivity index (χ2n) is 7.18. The van der Waals surface area contributed by atoms with E-state index >= 15 is 0 Å². The largest absolute Gasteiger partial charge is 0.345 e. The normalized spacial score (nSPS) is 17.2. The molecule has 1 aliphatic rings. The molecule has 0 unspecified atom stereocenters. The van der Waals surface area contributed by atoms with E-state index in [0.717, 1.165) is 37.1 Å². The molecule has 5 heteroatoms. The highest BCUT2D eigenvalue weighted by Crippen LogP contribution is 2.25. The number of halogens is 1. The number of piperidine rings is 1. The number of carbonyl (C=O) groups is 1. The minimum absolute atomic E-state index is 0.0710. The number of nitrogens with zero attached hydrogens (tertiary/aromatic N) is 2. The molecule has 1 N–H and O–H groups in total. The summed E-state index contributed by atoms with van der Waals surface area (Å²) >= 11 is 6.03. The Labute approximate surface area is 160 Å². The Balaban J connectivity index is 1.74. The van der Waals surface area contributed by atoms with Crippen molar-refractivity contribution in [3.63, 3.8) is 0 Å². The number of aromatic nitrogens is 1. The predicted octanol–water partition coefficient (Wildman–Crippen LogP) is 4.06. The van der Waals surface area contributed by atoms with Crippen LogP contribution in [-0.2, 0) is 4.79 Å². The minimum Gasteiger partial charge on any atom is -0.345 e. The lowest BCUT2D eigenvalue weighted by Crippen LogP contribution is -2.43. The number of rotatable bonds is 5. The first-order valence-electron chi connectivity index (χ1n) is 9.24. The standard InChI is InChI=1S/C21H26ClN3O/c1-15(2)25-13-9-18(10-14-25)21(26)24-20(17-7-11-23-12-8-17)16-3-5-19(22)6-4-16/h3-8,11-12,15,18,20H,9-10,13-14H2,1-2H3,(H,24,26)/t20-/m0/s1. The lowest BCUT2D eigenvalue weighted by Gasteiger charge is -2.34. The SMILES string of the molecule is CC(C)N1CCC(C(=O)N[C@H](c2ccncc2)c2ccc(Cl)cc2)CC1. The van der Waals surface area contributed by atoms with Gasteiger partial charge in [0.25, 0.3) is 0 Å². The molecular weight excluding hydrogens is 346 g/mol. The van der Waals surface area contributed by atoms with Gasteiger partial charge in [-0.2, -0.15) is 0 Å². The monoisotopic (exact) mass is 371 g/mol. The Morgan fingerprint density at radius 3 is 2.23 bits per heavy atom. The van der Waals surface area contributed by atoms with Crippen molar-refractivity contribution in [3.8, 4) is 0 Å². The van der Waals surface area contributed by atoms with Crippen molar-refractivity contribution in [2.75, 3.05) is 13.1 Å². The summed E-state index contributed by atoms with van der Waals surface area (Å²) in [6.45, 7) is 6.38. The molecule has 0 bridgehead atoms. The van der Waals surface area contributed by atoms with E-state index in [0.29, 0.717) is 11.1 Å². The van der Waals surface area contributed by atoms with Gasteiger partial charge in [0.1, 0.15) is 0 Å². The fourth-order valence-electron chi connectivity index (χ4n) is 3.51. The molecule has 26 heavy (non-hydrogen) atoms. The van der Waals surface area contributed by atoms with Gasteiger partial charge in [-0.25, -0.2) is 0 Å². The van der Waals surface area contributed by atoms with Crippen LogP contribution in [0.1, 0.15) is 43.9 Å². The molecule has 0 radical (unpaired) electrons. The lowest BCUT2D eigenvalue weighted by atomic mass is 9.93. The van der Waals surface area contributed by atoms with E-state index in [-0.39, 0.29) is 17.9 Å². The van der Waals surface area contributed by atoms with Crippen molar-refractivity contribution in [3.05, 3.63) is 64.9 Å². The Morgan fingerprint density at radius 2 is 1.65 bits per heavy atom. The van der Waals surface area contributed by atoms with Crippen LogP contribution in [0.15, 0.2) is 48.8 Å². The average molecular weight is 372 g/mol. The average Bonchev–Trinajstić information content (AvgIpc) is 2.67. The molecule has 1 saturated heterocycles. The van der Waals surface area contributed by atoms with E-state index in [1.165, 1.54) is 0 Å². The van der Waals surface area contributed by atoms with Gasteiger partial charge < -0.3 is 10.2 Å². The maximum atomic E-state index is 12.9. The van der Waals surface area contributed by atoms with Crippen molar-refractivity contribution in [2.24, 2.45) is 5.92 Å². The van der Waals surface area contributed by atoms with Gasteiger partial charge in [0.15, 0.2) is 0 Å². The predicted molar refractivity (Wildman–Crippen MR) is 105 cm³/mol. The topological polar surface area (TPSA) is 45.2 Å². The summed E-state index contributed by atoms with van der Waals surface area (Å²) in [5, 5.41) is 3.94. The Morgan fingerprint density at radius 1 is 1.08 bits per heavy atom. The molecule has 138 valence electrons. The first-order chi connectivity index (χ1) is 12.5. The number of benzene rings is 1. The summed E-state index contributed by atoms with van der Waals surface area (Å²) in [6.07, 6.45) is 5.33. The summed E-state index contributed by atoms with van der Waals surface area (Å²) in [4.78, 5) is 19.5. The summed E-state index contributed by atoms with van der Waals surface area (Å²) in [6, 6.07) is 11.9. The zero-order valence-corrected chi connectivity index (χ0v) is 16.1. The Kier molecular flexibility index (Phi) is 6.28. The van der Waals surface area contributed by atoms with Crippen LogP contribution in [0.5, 0.6) is 0 Å². The van der Waals surface area contributed by atoms with Crippen molar-refractivity contribution < 1.29 is 4.79 Å². The first-order valence-corrected chi connectivity index (χ1v) is 9.62. The fraction of sp³-hybridized carbons (Fsp3) is 0.429. The maximum Gasteiger partial charge on any atom is 0.223 e. The van der Waals surface area contributed by atoms with Gasteiger partial charge >= 0.3 is 0 Å². The number of hydrogen-bond donors (Lipinski definition) is 1. The lowest BCUT2D eigenvalue weighted by molar-refractivity contribution is -0.127. The molecule has 1 fully saturated rings. The molecule has 0 aliphatic carbocycles. The fourth-order valence-corrected chi connectivity index (χ4v) is 3.63. The quantitative estimate of drug-likeness (QED) is 0.862. The summed E-state index contributed by atoms with van der Waals surface area (Å²) in [7, 11) is 0. The Hall–Kier alpha value is -1.91. The molecule has 3 rings (SSSR count). The van der Waals surface area contributed by atoms with Gasteiger partial charge in [0, 0.05) is 29.4 Å². The molecule has 1 aromatic heterocycles. The van der Waals surface area contributed by atoms with Crippen LogP contribution in [-0.4, -0.2) is 34.9 Å². The smallest absolute Gasteiger partial charge is 0.223 e. The van der Waals surface area contributed by atoms with Gasteiger partial charge in [0.05, 0.1) is 6.04 Å². The van der Waals surface area contributed by atoms with Crippen LogP contribution in [0.2, 0.25) is 5.02 Å². The molecule has 1 amide bonds. The van der Waals surface area contributed by atoms with Gasteiger partial charge in [-0.15, -0.1) is 0 Å². The number of nitrogens with one attached hydrogen (secondary N) is 1. The second kappa shape index (κ2) is 8.65. The van der Waals surface area contributed by atoms with E-state index in [1.807, 2.05) is 36.4 Å². The minimum atomic E-state index is -0.189. The van der Waals surface area contributed by atoms with Gasteiger partial charge in [-0.3, -0.25) is 9.78 Å². The molecule has 0 saturated carbocycles. The molecule has 2 heterocycles. The number of hydrogen-bond acceptors (Lipinski definition) is 3. The number of pyridine rings is 1. The molecule has 4 nitrogen and oxygen atoms in total. The number of amides is 1. The number of likely N-dealkylation sites (tertiary alicyclic amines) is 1. The molecule has 2 aromatic rings. The molecule has 0 spiro atoms. The zero-order valence-electron chi connectivity index (χ0n) is 15.4. The Bertz CT molecular complexity index is 710. The molecular formula is C21H26ClN3O. The number of carbonyl (C=O) groups excluding carboxylic acids is 1. The van der Waals surface area contributed by atoms with E-state index < -0.39 is 0 Å². The third kappa shape index (κ3) is 4.63. The third-order valence-electron chi connectivity index (χ3n) is 5.16. The first kappa shape index (κ1) is 18.9. The van der Waals surface area contributed by atoms with Crippen LogP contribution >= 0.6 is 11.6 Å². The van der Waals surface area contributed by atoms with E-state index in [1.54, 1.807) is 12.4 Å². The molecule has 1 aromatic carbocycles.